The zero-order chi connectivity index (χ0) is 19.7. The Balaban J connectivity index is 0.00000300. The van der Waals surface area contributed by atoms with Gasteiger partial charge in [0.1, 0.15) is 5.60 Å². The zero-order valence-corrected chi connectivity index (χ0v) is 17.4. The second kappa shape index (κ2) is 11.6. The first kappa shape index (κ1) is 23.0. The van der Waals surface area contributed by atoms with E-state index in [0.29, 0.717) is 0 Å². The van der Waals surface area contributed by atoms with E-state index in [1.165, 1.54) is 0 Å². The first-order chi connectivity index (χ1) is 13.8. The van der Waals surface area contributed by atoms with Gasteiger partial charge in [-0.25, -0.2) is 6.08 Å². The van der Waals surface area contributed by atoms with Crippen molar-refractivity contribution in [1.82, 2.24) is 0 Å². The van der Waals surface area contributed by atoms with E-state index in [9.17, 15) is 0 Å². The van der Waals surface area contributed by atoms with Gasteiger partial charge in [0.2, 0.25) is 0 Å². The third kappa shape index (κ3) is 5.40. The molecule has 0 spiro atoms. The summed E-state index contributed by atoms with van der Waals surface area (Å²) in [5.74, 6) is 0. The van der Waals surface area contributed by atoms with Gasteiger partial charge in [-0.05, 0) is 29.5 Å². The van der Waals surface area contributed by atoms with Gasteiger partial charge in [-0.15, -0.1) is 0 Å². The third-order valence-electron chi connectivity index (χ3n) is 4.85. The maximum Gasteiger partial charge on any atom is 1.00 e. The van der Waals surface area contributed by atoms with E-state index < -0.39 is 5.60 Å². The smallest absolute Gasteiger partial charge is 0.515 e. The summed E-state index contributed by atoms with van der Waals surface area (Å²) in [6, 6.07) is 31.1. The summed E-state index contributed by atoms with van der Waals surface area (Å²) >= 11 is 0. The van der Waals surface area contributed by atoms with E-state index >= 15 is 0 Å². The van der Waals surface area contributed by atoms with Gasteiger partial charge in [0, 0.05) is 6.10 Å². The number of hydrogen-bond donors (Lipinski definition) is 0. The van der Waals surface area contributed by atoms with Gasteiger partial charge in [-0.3, -0.25) is 0 Å². The molecule has 0 amide bonds. The van der Waals surface area contributed by atoms with Crippen LogP contribution in [-0.4, -0.2) is 6.10 Å². The minimum absolute atomic E-state index is 0. The predicted molar refractivity (Wildman–Crippen MR) is 117 cm³/mol. The topological polar surface area (TPSA) is 9.23 Å². The molecule has 3 aromatic carbocycles. The predicted octanol–water partition coefficient (Wildman–Crippen LogP) is 3.71. The Morgan fingerprint density at radius 1 is 0.759 bits per heavy atom. The fourth-order valence-electron chi connectivity index (χ4n) is 3.51. The molecule has 142 valence electrons. The SMILES string of the molecule is [CH-]=CC(C/C=C\CC)OC(c1ccccc1)(c1ccccc1)c1ccccc1.[Li+]. The molecule has 0 aromatic heterocycles. The average molecular weight is 374 g/mol. The van der Waals surface area contributed by atoms with Crippen LogP contribution in [0.25, 0.3) is 0 Å². The van der Waals surface area contributed by atoms with Crippen LogP contribution in [0.15, 0.2) is 109 Å². The fourth-order valence-corrected chi connectivity index (χ4v) is 3.51. The van der Waals surface area contributed by atoms with E-state index in [-0.39, 0.29) is 25.0 Å². The van der Waals surface area contributed by atoms with Crippen molar-refractivity contribution in [3.8, 4) is 0 Å². The number of benzene rings is 3. The van der Waals surface area contributed by atoms with Crippen molar-refractivity contribution in [2.24, 2.45) is 0 Å². The summed E-state index contributed by atoms with van der Waals surface area (Å²) < 4.78 is 6.86. The molecular formula is C27H27LiO. The van der Waals surface area contributed by atoms with Crippen LogP contribution in [0.2, 0.25) is 0 Å². The van der Waals surface area contributed by atoms with Crippen molar-refractivity contribution in [1.29, 1.82) is 0 Å². The van der Waals surface area contributed by atoms with Gasteiger partial charge >= 0.3 is 18.9 Å². The van der Waals surface area contributed by atoms with Gasteiger partial charge in [0.15, 0.2) is 0 Å². The Hall–Kier alpha value is -2.30. The molecule has 3 aromatic rings. The number of allylic oxidation sites excluding steroid dienone is 1. The molecule has 2 heteroatoms. The van der Waals surface area contributed by atoms with Gasteiger partial charge in [0.25, 0.3) is 0 Å². The molecule has 29 heavy (non-hydrogen) atoms. The molecular weight excluding hydrogens is 347 g/mol. The van der Waals surface area contributed by atoms with Crippen molar-refractivity contribution in [3.63, 3.8) is 0 Å². The van der Waals surface area contributed by atoms with Crippen molar-refractivity contribution in [2.45, 2.75) is 31.5 Å². The quantitative estimate of drug-likeness (QED) is 0.240. The standard InChI is InChI=1S/C27H27O.Li/c1-3-5-9-22-26(4-2)28-27(23-16-10-6-11-17-23,24-18-12-7-13-19-24)25-20-14-8-15-21-25;/h2,4-21,26H,3,22H2,1H3;/q-1;+1/b9-5-;. The Bertz CT molecular complexity index is 776. The minimum Gasteiger partial charge on any atom is -0.515 e. The molecule has 0 aliphatic carbocycles. The maximum absolute atomic E-state index is 6.86. The molecule has 0 aliphatic heterocycles. The molecule has 0 aliphatic rings. The van der Waals surface area contributed by atoms with Crippen LogP contribution in [-0.2, 0) is 10.3 Å². The molecule has 0 heterocycles. The van der Waals surface area contributed by atoms with E-state index in [0.717, 1.165) is 29.5 Å². The summed E-state index contributed by atoms with van der Waals surface area (Å²) in [6.07, 6.45) is 7.46. The van der Waals surface area contributed by atoms with Crippen LogP contribution in [0.5, 0.6) is 0 Å². The molecule has 1 atom stereocenters. The van der Waals surface area contributed by atoms with E-state index in [2.05, 4.69) is 91.9 Å². The summed E-state index contributed by atoms with van der Waals surface area (Å²) in [5.41, 5.74) is 2.50. The van der Waals surface area contributed by atoms with Crippen LogP contribution >= 0.6 is 0 Å². The van der Waals surface area contributed by atoms with E-state index in [1.807, 2.05) is 18.2 Å². The maximum atomic E-state index is 6.86. The van der Waals surface area contributed by atoms with Gasteiger partial charge < -0.3 is 11.3 Å². The zero-order valence-electron chi connectivity index (χ0n) is 17.4. The van der Waals surface area contributed by atoms with Crippen LogP contribution in [0.3, 0.4) is 0 Å². The third-order valence-corrected chi connectivity index (χ3v) is 4.85. The molecule has 1 nitrogen and oxygen atoms in total. The monoisotopic (exact) mass is 374 g/mol. The first-order valence-corrected chi connectivity index (χ1v) is 9.85. The normalized spacial score (nSPS) is 12.3. The van der Waals surface area contributed by atoms with Gasteiger partial charge in [-0.1, -0.05) is 110 Å². The number of ether oxygens (including phenoxy) is 1. The molecule has 0 saturated heterocycles. The van der Waals surface area contributed by atoms with Gasteiger partial charge in [0.05, 0.1) is 0 Å². The first-order valence-electron chi connectivity index (χ1n) is 9.85. The van der Waals surface area contributed by atoms with Crippen LogP contribution in [0, 0.1) is 6.58 Å². The molecule has 0 bridgehead atoms. The van der Waals surface area contributed by atoms with E-state index in [1.54, 1.807) is 6.08 Å². The molecule has 0 radical (unpaired) electrons. The molecule has 0 fully saturated rings. The fraction of sp³-hybridized carbons (Fsp3) is 0.185. The number of hydrogen-bond acceptors (Lipinski definition) is 1. The van der Waals surface area contributed by atoms with Gasteiger partial charge in [-0.2, -0.15) is 0 Å². The minimum atomic E-state index is -0.746. The summed E-state index contributed by atoms with van der Waals surface area (Å²) in [6.45, 7) is 8.14. The Morgan fingerprint density at radius 2 is 1.17 bits per heavy atom. The molecule has 1 unspecified atom stereocenters. The van der Waals surface area contributed by atoms with Crippen molar-refractivity contribution < 1.29 is 23.6 Å². The molecule has 3 rings (SSSR count). The Labute approximate surface area is 187 Å². The largest absolute Gasteiger partial charge is 1.00 e. The number of rotatable bonds is 9. The molecule has 0 N–H and O–H groups in total. The summed E-state index contributed by atoms with van der Waals surface area (Å²) in [7, 11) is 0. The van der Waals surface area contributed by atoms with Crippen molar-refractivity contribution in [3.05, 3.63) is 132 Å². The summed E-state index contributed by atoms with van der Waals surface area (Å²) in [5, 5.41) is 0. The molecule has 0 saturated carbocycles. The Kier molecular flexibility index (Phi) is 9.22. The van der Waals surface area contributed by atoms with Crippen LogP contribution in [0.4, 0.5) is 0 Å². The van der Waals surface area contributed by atoms with Crippen molar-refractivity contribution >= 4 is 0 Å². The van der Waals surface area contributed by atoms with Crippen LogP contribution in [0.1, 0.15) is 36.5 Å². The second-order valence-corrected chi connectivity index (χ2v) is 6.74. The second-order valence-electron chi connectivity index (χ2n) is 6.74. The summed E-state index contributed by atoms with van der Waals surface area (Å²) in [4.78, 5) is 0. The van der Waals surface area contributed by atoms with Crippen LogP contribution < -0.4 is 18.9 Å². The average Bonchev–Trinajstić information content (AvgIpc) is 2.78. The Morgan fingerprint density at radius 3 is 1.52 bits per heavy atom. The van der Waals surface area contributed by atoms with E-state index in [4.69, 9.17) is 11.3 Å². The van der Waals surface area contributed by atoms with Crippen molar-refractivity contribution in [2.75, 3.05) is 0 Å².